The van der Waals surface area contributed by atoms with Crippen molar-refractivity contribution in [2.75, 3.05) is 11.1 Å². The summed E-state index contributed by atoms with van der Waals surface area (Å²) in [5.41, 5.74) is 2.29. The number of carbonyl (C=O) groups excluding carboxylic acids is 1. The van der Waals surface area contributed by atoms with E-state index in [-0.39, 0.29) is 17.3 Å². The number of thioether (sulfide) groups is 1. The van der Waals surface area contributed by atoms with E-state index in [2.05, 4.69) is 34.7 Å². The second kappa shape index (κ2) is 8.61. The molecular formula is C18H18N6O3S. The highest BCUT2D eigenvalue weighted by atomic mass is 32.2. The summed E-state index contributed by atoms with van der Waals surface area (Å²) in [5.74, 6) is 0.178. The van der Waals surface area contributed by atoms with Gasteiger partial charge in [0.2, 0.25) is 11.1 Å². The summed E-state index contributed by atoms with van der Waals surface area (Å²) < 4.78 is 1.56. The predicted octanol–water partition coefficient (Wildman–Crippen LogP) is 3.42. The molecular weight excluding hydrogens is 380 g/mol. The van der Waals surface area contributed by atoms with Crippen LogP contribution in [0.15, 0.2) is 53.7 Å². The Balaban J connectivity index is 1.64. The number of anilines is 1. The molecule has 10 heteroatoms. The number of rotatable bonds is 7. The average Bonchev–Trinajstić information content (AvgIpc) is 3.15. The molecule has 28 heavy (non-hydrogen) atoms. The highest BCUT2D eigenvalue weighted by molar-refractivity contribution is 7.99. The van der Waals surface area contributed by atoms with Gasteiger partial charge in [-0.2, -0.15) is 4.68 Å². The molecule has 0 aliphatic heterocycles. The normalized spacial score (nSPS) is 10.8. The fourth-order valence-corrected chi connectivity index (χ4v) is 3.15. The van der Waals surface area contributed by atoms with Gasteiger partial charge in [0, 0.05) is 17.8 Å². The summed E-state index contributed by atoms with van der Waals surface area (Å²) in [7, 11) is 0. The second-order valence-electron chi connectivity index (χ2n) is 6.26. The zero-order valence-electron chi connectivity index (χ0n) is 15.3. The molecule has 2 aromatic carbocycles. The van der Waals surface area contributed by atoms with Gasteiger partial charge in [0.25, 0.3) is 5.69 Å². The van der Waals surface area contributed by atoms with Gasteiger partial charge >= 0.3 is 0 Å². The molecule has 0 saturated heterocycles. The number of nitro groups is 1. The van der Waals surface area contributed by atoms with E-state index in [0.29, 0.717) is 16.8 Å². The highest BCUT2D eigenvalue weighted by Crippen LogP contribution is 2.22. The largest absolute Gasteiger partial charge is 0.325 e. The molecule has 3 aromatic rings. The van der Waals surface area contributed by atoms with Crippen molar-refractivity contribution in [1.82, 2.24) is 20.2 Å². The molecule has 0 spiro atoms. The lowest BCUT2D eigenvalue weighted by molar-refractivity contribution is -0.384. The lowest BCUT2D eigenvalue weighted by Crippen LogP contribution is -2.14. The number of hydrogen-bond acceptors (Lipinski definition) is 7. The number of aromatic nitrogens is 4. The lowest BCUT2D eigenvalue weighted by Gasteiger charge is -2.08. The molecule has 0 unspecified atom stereocenters. The number of nitrogens with zero attached hydrogens (tertiary/aromatic N) is 5. The molecule has 1 aromatic heterocycles. The lowest BCUT2D eigenvalue weighted by atomic mass is 10.0. The number of non-ortho nitro benzene ring substituents is 1. The van der Waals surface area contributed by atoms with Crippen LogP contribution in [-0.2, 0) is 4.79 Å². The van der Waals surface area contributed by atoms with Crippen molar-refractivity contribution in [2.24, 2.45) is 0 Å². The monoisotopic (exact) mass is 398 g/mol. The Kier molecular flexibility index (Phi) is 5.99. The molecule has 0 aliphatic rings. The van der Waals surface area contributed by atoms with Crippen molar-refractivity contribution < 1.29 is 9.72 Å². The van der Waals surface area contributed by atoms with Crippen LogP contribution in [-0.4, -0.2) is 36.8 Å². The third kappa shape index (κ3) is 4.71. The van der Waals surface area contributed by atoms with Crippen molar-refractivity contribution in [3.05, 3.63) is 64.2 Å². The third-order valence-electron chi connectivity index (χ3n) is 3.92. The zero-order valence-corrected chi connectivity index (χ0v) is 16.1. The van der Waals surface area contributed by atoms with Crippen LogP contribution in [0, 0.1) is 10.1 Å². The van der Waals surface area contributed by atoms with Gasteiger partial charge in [0.05, 0.1) is 16.4 Å². The predicted molar refractivity (Wildman–Crippen MR) is 106 cm³/mol. The topological polar surface area (TPSA) is 116 Å². The quantitative estimate of drug-likeness (QED) is 0.368. The Morgan fingerprint density at radius 3 is 2.68 bits per heavy atom. The fourth-order valence-electron chi connectivity index (χ4n) is 2.46. The van der Waals surface area contributed by atoms with E-state index in [4.69, 9.17) is 0 Å². The molecule has 0 aliphatic carbocycles. The van der Waals surface area contributed by atoms with Crippen molar-refractivity contribution in [3.8, 4) is 5.69 Å². The van der Waals surface area contributed by atoms with Crippen LogP contribution in [0.1, 0.15) is 25.3 Å². The van der Waals surface area contributed by atoms with Crippen molar-refractivity contribution >= 4 is 29.0 Å². The third-order valence-corrected chi connectivity index (χ3v) is 4.84. The van der Waals surface area contributed by atoms with Gasteiger partial charge in [0.1, 0.15) is 0 Å². The number of nitrogens with one attached hydrogen (secondary N) is 1. The van der Waals surface area contributed by atoms with E-state index in [9.17, 15) is 14.9 Å². The van der Waals surface area contributed by atoms with Crippen molar-refractivity contribution in [2.45, 2.75) is 24.9 Å². The van der Waals surface area contributed by atoms with E-state index in [1.165, 1.54) is 35.5 Å². The van der Waals surface area contributed by atoms with Crippen molar-refractivity contribution in [1.29, 1.82) is 0 Å². The van der Waals surface area contributed by atoms with Crippen LogP contribution >= 0.6 is 11.8 Å². The first-order valence-electron chi connectivity index (χ1n) is 8.50. The SMILES string of the molecule is CC(C)c1ccc(-n2nnnc2SCC(=O)Nc2cccc([N+](=O)[O-])c2)cc1. The number of nitro benzene ring substituents is 1. The molecule has 0 bridgehead atoms. The van der Waals surface area contributed by atoms with Gasteiger partial charge in [-0.25, -0.2) is 0 Å². The first-order chi connectivity index (χ1) is 13.4. The molecule has 1 heterocycles. The minimum absolute atomic E-state index is 0.0626. The van der Waals surface area contributed by atoms with Crippen LogP contribution in [0.2, 0.25) is 0 Å². The fraction of sp³-hybridized carbons (Fsp3) is 0.222. The van der Waals surface area contributed by atoms with Gasteiger partial charge in [-0.3, -0.25) is 14.9 Å². The maximum absolute atomic E-state index is 12.2. The highest BCUT2D eigenvalue weighted by Gasteiger charge is 2.13. The Labute approximate surface area is 165 Å². The summed E-state index contributed by atoms with van der Waals surface area (Å²) in [6.45, 7) is 4.24. The molecule has 3 rings (SSSR count). The number of hydrogen-bond donors (Lipinski definition) is 1. The molecule has 0 radical (unpaired) electrons. The van der Waals surface area contributed by atoms with E-state index >= 15 is 0 Å². The Hall–Kier alpha value is -3.27. The summed E-state index contributed by atoms with van der Waals surface area (Å²) in [6.07, 6.45) is 0. The van der Waals surface area contributed by atoms with E-state index < -0.39 is 4.92 Å². The summed E-state index contributed by atoms with van der Waals surface area (Å²) >= 11 is 1.18. The summed E-state index contributed by atoms with van der Waals surface area (Å²) in [5, 5.41) is 25.6. The van der Waals surface area contributed by atoms with E-state index in [0.717, 1.165) is 5.69 Å². The molecule has 0 atom stereocenters. The van der Waals surface area contributed by atoms with Crippen molar-refractivity contribution in [3.63, 3.8) is 0 Å². The Morgan fingerprint density at radius 2 is 2.00 bits per heavy atom. The molecule has 1 amide bonds. The van der Waals surface area contributed by atoms with Crippen LogP contribution < -0.4 is 5.32 Å². The Morgan fingerprint density at radius 1 is 1.25 bits per heavy atom. The van der Waals surface area contributed by atoms with Gasteiger partial charge in [-0.15, -0.1) is 5.10 Å². The summed E-state index contributed by atoms with van der Waals surface area (Å²) in [4.78, 5) is 22.5. The Bertz CT molecular complexity index is 987. The van der Waals surface area contributed by atoms with Crippen LogP contribution in [0.4, 0.5) is 11.4 Å². The minimum Gasteiger partial charge on any atom is -0.325 e. The first-order valence-corrected chi connectivity index (χ1v) is 9.48. The summed E-state index contributed by atoms with van der Waals surface area (Å²) in [6, 6.07) is 13.7. The zero-order chi connectivity index (χ0) is 20.1. The van der Waals surface area contributed by atoms with Gasteiger partial charge in [-0.1, -0.05) is 43.8 Å². The number of tetrazole rings is 1. The van der Waals surface area contributed by atoms with Gasteiger partial charge < -0.3 is 5.32 Å². The second-order valence-corrected chi connectivity index (χ2v) is 7.21. The standard InChI is InChI=1S/C18H18N6O3S/c1-12(2)13-6-8-15(9-7-13)23-18(20-21-22-23)28-11-17(25)19-14-4-3-5-16(10-14)24(26)27/h3-10,12H,11H2,1-2H3,(H,19,25). The van der Waals surface area contributed by atoms with E-state index in [1.807, 2.05) is 24.3 Å². The maximum atomic E-state index is 12.2. The molecule has 9 nitrogen and oxygen atoms in total. The van der Waals surface area contributed by atoms with Crippen LogP contribution in [0.3, 0.4) is 0 Å². The number of benzene rings is 2. The van der Waals surface area contributed by atoms with Gasteiger partial charge in [0.15, 0.2) is 0 Å². The van der Waals surface area contributed by atoms with Crippen LogP contribution in [0.25, 0.3) is 5.69 Å². The number of carbonyl (C=O) groups is 1. The van der Waals surface area contributed by atoms with Crippen LogP contribution in [0.5, 0.6) is 0 Å². The molecule has 144 valence electrons. The van der Waals surface area contributed by atoms with Gasteiger partial charge in [-0.05, 0) is 40.1 Å². The smallest absolute Gasteiger partial charge is 0.271 e. The number of amides is 1. The maximum Gasteiger partial charge on any atom is 0.271 e. The van der Waals surface area contributed by atoms with E-state index in [1.54, 1.807) is 10.7 Å². The molecule has 0 saturated carbocycles. The molecule has 1 N–H and O–H groups in total. The first kappa shape index (κ1) is 19.5. The molecule has 0 fully saturated rings. The minimum atomic E-state index is -0.511. The average molecular weight is 398 g/mol.